The molecule has 0 fully saturated rings. The Morgan fingerprint density at radius 2 is 1.89 bits per heavy atom. The average molecular weight is 282 g/mol. The van der Waals surface area contributed by atoms with Crippen molar-refractivity contribution >= 4 is 40.6 Å². The topological polar surface area (TPSA) is 68.0 Å². The number of nitrogens with zero attached hydrogens (tertiary/aromatic N) is 1. The largest absolute Gasteiger partial charge is 0.396 e. The molecule has 0 bridgehead atoms. The maximum atomic E-state index is 11.9. The molecule has 2 rings (SSSR count). The van der Waals surface area contributed by atoms with Crippen LogP contribution in [0.1, 0.15) is 10.4 Å². The molecule has 0 aliphatic carbocycles. The van der Waals surface area contributed by atoms with Gasteiger partial charge < -0.3 is 11.1 Å². The fourth-order valence-electron chi connectivity index (χ4n) is 1.39. The van der Waals surface area contributed by atoms with Gasteiger partial charge in [-0.15, -0.1) is 0 Å². The van der Waals surface area contributed by atoms with Crippen molar-refractivity contribution in [2.45, 2.75) is 0 Å². The van der Waals surface area contributed by atoms with Gasteiger partial charge in [0.1, 0.15) is 0 Å². The van der Waals surface area contributed by atoms with Crippen LogP contribution < -0.4 is 11.1 Å². The number of anilines is 2. The number of carbonyl (C=O) groups excluding carboxylic acids is 1. The molecule has 18 heavy (non-hydrogen) atoms. The molecule has 0 unspecified atom stereocenters. The predicted octanol–water partition coefficient (Wildman–Crippen LogP) is 3.22. The van der Waals surface area contributed by atoms with Gasteiger partial charge >= 0.3 is 0 Å². The summed E-state index contributed by atoms with van der Waals surface area (Å²) < 4.78 is 0. The maximum Gasteiger partial charge on any atom is 0.256 e. The van der Waals surface area contributed by atoms with Gasteiger partial charge in [-0.3, -0.25) is 4.79 Å². The quantitative estimate of drug-likeness (QED) is 0.888. The highest BCUT2D eigenvalue weighted by atomic mass is 35.5. The summed E-state index contributed by atoms with van der Waals surface area (Å²) in [6, 6.07) is 7.91. The van der Waals surface area contributed by atoms with Crippen LogP contribution in [0.3, 0.4) is 0 Å². The van der Waals surface area contributed by atoms with E-state index in [4.69, 9.17) is 28.9 Å². The molecule has 0 spiro atoms. The Labute approximate surface area is 114 Å². The first-order chi connectivity index (χ1) is 8.56. The average Bonchev–Trinajstić information content (AvgIpc) is 2.31. The summed E-state index contributed by atoms with van der Waals surface area (Å²) in [6.45, 7) is 0. The molecule has 1 aromatic heterocycles. The standard InChI is InChI=1S/C12H9Cl2N3O/c13-8-4-7(5-9(14)6-8)12(18)17-11-10(15)2-1-3-16-11/h1-6H,15H2,(H,16,17,18). The summed E-state index contributed by atoms with van der Waals surface area (Å²) in [5, 5.41) is 3.37. The lowest BCUT2D eigenvalue weighted by atomic mass is 10.2. The van der Waals surface area contributed by atoms with Gasteiger partial charge in [0.05, 0.1) is 5.69 Å². The highest BCUT2D eigenvalue weighted by Crippen LogP contribution is 2.20. The number of halogens is 2. The fourth-order valence-corrected chi connectivity index (χ4v) is 1.91. The van der Waals surface area contributed by atoms with Crippen molar-refractivity contribution in [1.29, 1.82) is 0 Å². The Bertz CT molecular complexity index is 581. The molecule has 92 valence electrons. The second kappa shape index (κ2) is 5.25. The van der Waals surface area contributed by atoms with Crippen molar-refractivity contribution in [3.63, 3.8) is 0 Å². The first-order valence-electron chi connectivity index (χ1n) is 5.04. The van der Waals surface area contributed by atoms with Gasteiger partial charge in [0.15, 0.2) is 5.82 Å². The van der Waals surface area contributed by atoms with Crippen LogP contribution >= 0.6 is 23.2 Å². The highest BCUT2D eigenvalue weighted by Gasteiger charge is 2.10. The summed E-state index contributed by atoms with van der Waals surface area (Å²) in [6.07, 6.45) is 1.54. The minimum absolute atomic E-state index is 0.304. The van der Waals surface area contributed by atoms with Crippen LogP contribution in [-0.4, -0.2) is 10.9 Å². The molecule has 6 heteroatoms. The van der Waals surface area contributed by atoms with Gasteiger partial charge in [-0.05, 0) is 30.3 Å². The summed E-state index contributed by atoms with van der Waals surface area (Å²) in [5.41, 5.74) is 6.41. The molecule has 1 aromatic carbocycles. The summed E-state index contributed by atoms with van der Waals surface area (Å²) >= 11 is 11.6. The Morgan fingerprint density at radius 1 is 1.22 bits per heavy atom. The minimum Gasteiger partial charge on any atom is -0.396 e. The van der Waals surface area contributed by atoms with E-state index >= 15 is 0 Å². The van der Waals surface area contributed by atoms with Gasteiger partial charge in [-0.2, -0.15) is 0 Å². The molecule has 0 aliphatic rings. The van der Waals surface area contributed by atoms with E-state index in [1.54, 1.807) is 18.2 Å². The van der Waals surface area contributed by atoms with Crippen molar-refractivity contribution in [1.82, 2.24) is 4.98 Å². The van der Waals surface area contributed by atoms with E-state index < -0.39 is 0 Å². The number of nitrogen functional groups attached to an aromatic ring is 1. The minimum atomic E-state index is -0.371. The zero-order valence-corrected chi connectivity index (χ0v) is 10.7. The number of hydrogen-bond donors (Lipinski definition) is 2. The van der Waals surface area contributed by atoms with Crippen molar-refractivity contribution in [2.24, 2.45) is 0 Å². The smallest absolute Gasteiger partial charge is 0.256 e. The van der Waals surface area contributed by atoms with E-state index in [1.165, 1.54) is 18.3 Å². The van der Waals surface area contributed by atoms with Crippen LogP contribution in [0.2, 0.25) is 10.0 Å². The third-order valence-corrected chi connectivity index (χ3v) is 2.63. The van der Waals surface area contributed by atoms with Crippen molar-refractivity contribution in [3.8, 4) is 0 Å². The highest BCUT2D eigenvalue weighted by molar-refractivity contribution is 6.35. The molecule has 1 amide bonds. The number of benzene rings is 1. The number of pyridine rings is 1. The van der Waals surface area contributed by atoms with Gasteiger partial charge in [0.25, 0.3) is 5.91 Å². The van der Waals surface area contributed by atoms with E-state index in [-0.39, 0.29) is 5.91 Å². The van der Waals surface area contributed by atoms with Gasteiger partial charge in [0, 0.05) is 21.8 Å². The van der Waals surface area contributed by atoms with Gasteiger partial charge in [0.2, 0.25) is 0 Å². The van der Waals surface area contributed by atoms with Crippen LogP contribution in [-0.2, 0) is 0 Å². The summed E-state index contributed by atoms with van der Waals surface area (Å²) in [4.78, 5) is 15.9. The second-order valence-electron chi connectivity index (χ2n) is 3.55. The van der Waals surface area contributed by atoms with Crippen molar-refractivity contribution < 1.29 is 4.79 Å². The number of amides is 1. The monoisotopic (exact) mass is 281 g/mol. The third kappa shape index (κ3) is 2.91. The second-order valence-corrected chi connectivity index (χ2v) is 4.43. The van der Waals surface area contributed by atoms with E-state index in [9.17, 15) is 4.79 Å². The van der Waals surface area contributed by atoms with E-state index in [0.29, 0.717) is 27.1 Å². The Hall–Kier alpha value is -1.78. The number of aromatic nitrogens is 1. The molecule has 0 radical (unpaired) electrons. The van der Waals surface area contributed by atoms with Crippen LogP contribution in [0.25, 0.3) is 0 Å². The molecule has 4 nitrogen and oxygen atoms in total. The molecular formula is C12H9Cl2N3O. The first-order valence-corrected chi connectivity index (χ1v) is 5.80. The lowest BCUT2D eigenvalue weighted by molar-refractivity contribution is 0.102. The van der Waals surface area contributed by atoms with E-state index in [0.717, 1.165) is 0 Å². The molecule has 1 heterocycles. The van der Waals surface area contributed by atoms with E-state index in [2.05, 4.69) is 10.3 Å². The number of rotatable bonds is 2. The van der Waals surface area contributed by atoms with Crippen LogP contribution in [0, 0.1) is 0 Å². The summed E-state index contributed by atoms with van der Waals surface area (Å²) in [5.74, 6) is -0.0663. The van der Waals surface area contributed by atoms with Gasteiger partial charge in [-0.25, -0.2) is 4.98 Å². The lowest BCUT2D eigenvalue weighted by Crippen LogP contribution is -2.14. The molecule has 0 atom stereocenters. The zero-order valence-electron chi connectivity index (χ0n) is 9.15. The Balaban J connectivity index is 2.25. The molecule has 3 N–H and O–H groups in total. The fraction of sp³-hybridized carbons (Fsp3) is 0. The van der Waals surface area contributed by atoms with Crippen LogP contribution in [0.15, 0.2) is 36.5 Å². The SMILES string of the molecule is Nc1cccnc1NC(=O)c1cc(Cl)cc(Cl)c1. The third-order valence-electron chi connectivity index (χ3n) is 2.20. The molecule has 0 aliphatic heterocycles. The number of carbonyl (C=O) groups is 1. The van der Waals surface area contributed by atoms with Crippen molar-refractivity contribution in [3.05, 3.63) is 52.1 Å². The van der Waals surface area contributed by atoms with Crippen LogP contribution in [0.5, 0.6) is 0 Å². The zero-order chi connectivity index (χ0) is 13.1. The number of hydrogen-bond acceptors (Lipinski definition) is 3. The van der Waals surface area contributed by atoms with Crippen molar-refractivity contribution in [2.75, 3.05) is 11.1 Å². The number of nitrogens with two attached hydrogens (primary N) is 1. The molecule has 2 aromatic rings. The van der Waals surface area contributed by atoms with E-state index in [1.807, 2.05) is 0 Å². The molecule has 0 saturated carbocycles. The first kappa shape index (κ1) is 12.7. The lowest BCUT2D eigenvalue weighted by Gasteiger charge is -2.07. The normalized spacial score (nSPS) is 10.1. The molecular weight excluding hydrogens is 273 g/mol. The number of nitrogens with one attached hydrogen (secondary N) is 1. The summed E-state index contributed by atoms with van der Waals surface area (Å²) in [7, 11) is 0. The predicted molar refractivity (Wildman–Crippen MR) is 73.1 cm³/mol. The Kier molecular flexibility index (Phi) is 3.69. The van der Waals surface area contributed by atoms with Gasteiger partial charge in [-0.1, -0.05) is 23.2 Å². The van der Waals surface area contributed by atoms with Crippen LogP contribution in [0.4, 0.5) is 11.5 Å². The molecule has 0 saturated heterocycles. The maximum absolute atomic E-state index is 11.9. The Morgan fingerprint density at radius 3 is 2.50 bits per heavy atom.